The van der Waals surface area contributed by atoms with E-state index in [9.17, 15) is 13.6 Å². The van der Waals surface area contributed by atoms with E-state index in [2.05, 4.69) is 15.3 Å². The van der Waals surface area contributed by atoms with Crippen LogP contribution in [0, 0.1) is 18.6 Å². The molecule has 0 spiro atoms. The zero-order valence-corrected chi connectivity index (χ0v) is 14.4. The molecule has 1 N–H and O–H groups in total. The van der Waals surface area contributed by atoms with Crippen molar-refractivity contribution in [3.8, 4) is 16.8 Å². The fourth-order valence-corrected chi connectivity index (χ4v) is 2.89. The summed E-state index contributed by atoms with van der Waals surface area (Å²) in [5, 5.41) is 10.9. The Morgan fingerprint density at radius 3 is 2.37 bits per heavy atom. The highest BCUT2D eigenvalue weighted by Crippen LogP contribution is 2.19. The van der Waals surface area contributed by atoms with E-state index in [1.54, 1.807) is 31.5 Å². The molecule has 0 atom stereocenters. The molecule has 0 aliphatic carbocycles. The molecule has 0 bridgehead atoms. The molecule has 0 fully saturated rings. The first-order valence-corrected chi connectivity index (χ1v) is 8.23. The highest BCUT2D eigenvalue weighted by Gasteiger charge is 2.16. The first-order valence-electron chi connectivity index (χ1n) is 8.23. The average molecular weight is 367 g/mol. The topological polar surface area (TPSA) is 68.5 Å². The van der Waals surface area contributed by atoms with Gasteiger partial charge in [-0.3, -0.25) is 9.67 Å². The maximum absolute atomic E-state index is 13.9. The Morgan fingerprint density at radius 1 is 1.04 bits per heavy atom. The van der Waals surface area contributed by atoms with Crippen molar-refractivity contribution in [1.82, 2.24) is 24.5 Å². The van der Waals surface area contributed by atoms with Gasteiger partial charge in [-0.05, 0) is 36.8 Å². The Balaban J connectivity index is 1.70. The summed E-state index contributed by atoms with van der Waals surface area (Å²) in [7, 11) is 0. The standard InChI is InChI=1S/C19H15F2N5O/c1-12-24-26(15-7-5-13(6-8-15)14-9-22-23-10-14)19(27)25(12)11-16-17(20)3-2-4-18(16)21/h2-10H,11H2,1H3,(H,22,23). The number of nitrogens with zero attached hydrogens (tertiary/aromatic N) is 4. The number of benzene rings is 2. The largest absolute Gasteiger partial charge is 0.351 e. The van der Waals surface area contributed by atoms with Gasteiger partial charge in [-0.2, -0.15) is 14.9 Å². The Hall–Kier alpha value is -3.55. The minimum Gasteiger partial charge on any atom is -0.285 e. The predicted molar refractivity (Wildman–Crippen MR) is 95.6 cm³/mol. The van der Waals surface area contributed by atoms with Crippen molar-refractivity contribution in [3.63, 3.8) is 0 Å². The quantitative estimate of drug-likeness (QED) is 0.603. The van der Waals surface area contributed by atoms with E-state index in [1.807, 2.05) is 12.1 Å². The fraction of sp³-hybridized carbons (Fsp3) is 0.105. The molecule has 136 valence electrons. The molecule has 0 amide bonds. The lowest BCUT2D eigenvalue weighted by molar-refractivity contribution is 0.539. The number of halogens is 2. The van der Waals surface area contributed by atoms with Crippen LogP contribution in [0.2, 0.25) is 0 Å². The molecule has 6 nitrogen and oxygen atoms in total. The molecule has 0 saturated carbocycles. The van der Waals surface area contributed by atoms with E-state index in [-0.39, 0.29) is 12.1 Å². The maximum Gasteiger partial charge on any atom is 0.351 e. The van der Waals surface area contributed by atoms with E-state index in [0.717, 1.165) is 23.3 Å². The van der Waals surface area contributed by atoms with Crippen LogP contribution in [0.4, 0.5) is 8.78 Å². The molecule has 8 heteroatoms. The number of hydrogen-bond acceptors (Lipinski definition) is 3. The molecular weight excluding hydrogens is 352 g/mol. The highest BCUT2D eigenvalue weighted by molar-refractivity contribution is 5.62. The van der Waals surface area contributed by atoms with Crippen LogP contribution in [0.15, 0.2) is 59.7 Å². The van der Waals surface area contributed by atoms with Crippen LogP contribution < -0.4 is 5.69 Å². The van der Waals surface area contributed by atoms with Crippen molar-refractivity contribution in [1.29, 1.82) is 0 Å². The first-order chi connectivity index (χ1) is 13.0. The van der Waals surface area contributed by atoms with E-state index in [1.165, 1.54) is 15.3 Å². The Labute approximate surface area is 152 Å². The third-order valence-electron chi connectivity index (χ3n) is 4.37. The SMILES string of the molecule is Cc1nn(-c2ccc(-c3cn[nH]c3)cc2)c(=O)n1Cc1c(F)cccc1F. The van der Waals surface area contributed by atoms with Crippen LogP contribution in [-0.4, -0.2) is 24.5 Å². The van der Waals surface area contributed by atoms with Crippen molar-refractivity contribution in [2.24, 2.45) is 0 Å². The smallest absolute Gasteiger partial charge is 0.285 e. The summed E-state index contributed by atoms with van der Waals surface area (Å²) in [5.74, 6) is -1.03. The first kappa shape index (κ1) is 16.9. The summed E-state index contributed by atoms with van der Waals surface area (Å²) in [6.45, 7) is 1.40. The molecule has 27 heavy (non-hydrogen) atoms. The average Bonchev–Trinajstić information content (AvgIpc) is 3.28. The van der Waals surface area contributed by atoms with Gasteiger partial charge in [-0.25, -0.2) is 13.6 Å². The minimum absolute atomic E-state index is 0.169. The summed E-state index contributed by atoms with van der Waals surface area (Å²) < 4.78 is 30.3. The fourth-order valence-electron chi connectivity index (χ4n) is 2.89. The minimum atomic E-state index is -0.696. The van der Waals surface area contributed by atoms with Crippen molar-refractivity contribution in [2.45, 2.75) is 13.5 Å². The molecule has 0 saturated heterocycles. The highest BCUT2D eigenvalue weighted by atomic mass is 19.1. The second kappa shape index (κ2) is 6.64. The van der Waals surface area contributed by atoms with Crippen LogP contribution in [-0.2, 0) is 6.54 Å². The molecule has 4 aromatic rings. The van der Waals surface area contributed by atoms with Crippen LogP contribution in [0.3, 0.4) is 0 Å². The monoisotopic (exact) mass is 367 g/mol. The van der Waals surface area contributed by atoms with Crippen LogP contribution in [0.5, 0.6) is 0 Å². The number of aryl methyl sites for hydroxylation is 1. The van der Waals surface area contributed by atoms with E-state index in [0.29, 0.717) is 11.5 Å². The van der Waals surface area contributed by atoms with Gasteiger partial charge in [0.15, 0.2) is 0 Å². The summed E-state index contributed by atoms with van der Waals surface area (Å²) in [6.07, 6.45) is 3.46. The number of H-pyrrole nitrogens is 1. The van der Waals surface area contributed by atoms with Crippen LogP contribution >= 0.6 is 0 Å². The number of aromatic nitrogens is 5. The second-order valence-electron chi connectivity index (χ2n) is 6.06. The third kappa shape index (κ3) is 3.05. The van der Waals surface area contributed by atoms with E-state index < -0.39 is 17.3 Å². The van der Waals surface area contributed by atoms with Gasteiger partial charge in [-0.1, -0.05) is 18.2 Å². The number of hydrogen-bond donors (Lipinski definition) is 1. The van der Waals surface area contributed by atoms with Crippen LogP contribution in [0.25, 0.3) is 16.8 Å². The molecule has 0 aliphatic rings. The van der Waals surface area contributed by atoms with Gasteiger partial charge in [-0.15, -0.1) is 0 Å². The Morgan fingerprint density at radius 2 is 1.74 bits per heavy atom. The van der Waals surface area contributed by atoms with E-state index in [4.69, 9.17) is 0 Å². The van der Waals surface area contributed by atoms with Gasteiger partial charge in [0, 0.05) is 17.3 Å². The summed E-state index contributed by atoms with van der Waals surface area (Å²) in [6, 6.07) is 10.8. The molecule has 0 radical (unpaired) electrons. The lowest BCUT2D eigenvalue weighted by atomic mass is 10.1. The molecular formula is C19H15F2N5O. The summed E-state index contributed by atoms with van der Waals surface area (Å²) in [5.41, 5.74) is 1.78. The van der Waals surface area contributed by atoms with Gasteiger partial charge >= 0.3 is 5.69 Å². The number of rotatable bonds is 4. The number of aromatic amines is 1. The van der Waals surface area contributed by atoms with Crippen molar-refractivity contribution in [3.05, 3.63) is 88.4 Å². The van der Waals surface area contributed by atoms with Gasteiger partial charge < -0.3 is 0 Å². The predicted octanol–water partition coefficient (Wildman–Crippen LogP) is 3.06. The third-order valence-corrected chi connectivity index (χ3v) is 4.37. The molecule has 0 aliphatic heterocycles. The molecule has 2 heterocycles. The number of nitrogens with one attached hydrogen (secondary N) is 1. The van der Waals surface area contributed by atoms with Crippen molar-refractivity contribution < 1.29 is 8.78 Å². The Bertz CT molecular complexity index is 1120. The van der Waals surface area contributed by atoms with E-state index >= 15 is 0 Å². The van der Waals surface area contributed by atoms with Gasteiger partial charge in [0.1, 0.15) is 17.5 Å². The normalized spacial score (nSPS) is 11.1. The molecule has 4 rings (SSSR count). The van der Waals surface area contributed by atoms with Gasteiger partial charge in [0.2, 0.25) is 0 Å². The van der Waals surface area contributed by atoms with Gasteiger partial charge in [0.25, 0.3) is 0 Å². The molecule has 2 aromatic heterocycles. The summed E-state index contributed by atoms with van der Waals surface area (Å²) >= 11 is 0. The zero-order chi connectivity index (χ0) is 19.0. The van der Waals surface area contributed by atoms with Gasteiger partial charge in [0.05, 0.1) is 18.4 Å². The molecule has 2 aromatic carbocycles. The van der Waals surface area contributed by atoms with Crippen molar-refractivity contribution in [2.75, 3.05) is 0 Å². The Kier molecular flexibility index (Phi) is 4.15. The second-order valence-corrected chi connectivity index (χ2v) is 6.06. The molecule has 0 unspecified atom stereocenters. The lowest BCUT2D eigenvalue weighted by Gasteiger charge is -2.06. The zero-order valence-electron chi connectivity index (χ0n) is 14.4. The van der Waals surface area contributed by atoms with Crippen LogP contribution in [0.1, 0.15) is 11.4 Å². The lowest BCUT2D eigenvalue weighted by Crippen LogP contribution is -2.25. The summed E-state index contributed by atoms with van der Waals surface area (Å²) in [4.78, 5) is 12.7. The maximum atomic E-state index is 13.9. The van der Waals surface area contributed by atoms with Crippen molar-refractivity contribution >= 4 is 0 Å².